The molecule has 0 saturated carbocycles. The minimum atomic E-state index is -0.942. The molecule has 0 amide bonds. The predicted molar refractivity (Wildman–Crippen MR) is 126 cm³/mol. The molecule has 31 heavy (non-hydrogen) atoms. The van der Waals surface area contributed by atoms with Crippen molar-refractivity contribution in [2.75, 3.05) is 0 Å². The molecule has 1 aromatic heterocycles. The van der Waals surface area contributed by atoms with Gasteiger partial charge in [0.25, 0.3) is 0 Å². The van der Waals surface area contributed by atoms with Crippen molar-refractivity contribution in [3.05, 3.63) is 106 Å². The van der Waals surface area contributed by atoms with Gasteiger partial charge in [-0.1, -0.05) is 59.3 Å². The van der Waals surface area contributed by atoms with Crippen LogP contribution in [-0.4, -0.2) is 15.6 Å². The predicted octanol–water partition coefficient (Wildman–Crippen LogP) is 6.75. The van der Waals surface area contributed by atoms with Gasteiger partial charge in [-0.05, 0) is 60.5 Å². The lowest BCUT2D eigenvalue weighted by Gasteiger charge is -2.17. The molecule has 3 aromatic carbocycles. The first-order valence-electron chi connectivity index (χ1n) is 10.1. The molecule has 5 heteroatoms. The second-order valence-electron chi connectivity index (χ2n) is 7.17. The lowest BCUT2D eigenvalue weighted by Crippen LogP contribution is -2.05. The van der Waals surface area contributed by atoms with E-state index in [4.69, 9.17) is 4.74 Å². The summed E-state index contributed by atoms with van der Waals surface area (Å²) in [5, 5.41) is 9.44. The van der Waals surface area contributed by atoms with E-state index in [1.807, 2.05) is 54.6 Å². The van der Waals surface area contributed by atoms with Crippen molar-refractivity contribution in [1.82, 2.24) is 4.57 Å². The molecule has 4 nitrogen and oxygen atoms in total. The normalized spacial score (nSPS) is 10.8. The molecule has 0 aliphatic heterocycles. The van der Waals surface area contributed by atoms with E-state index in [0.29, 0.717) is 6.61 Å². The van der Waals surface area contributed by atoms with Crippen LogP contribution in [0.2, 0.25) is 0 Å². The summed E-state index contributed by atoms with van der Waals surface area (Å²) in [6.45, 7) is 2.55. The lowest BCUT2D eigenvalue weighted by molar-refractivity contribution is 0.0697. The van der Waals surface area contributed by atoms with Crippen LogP contribution in [0, 0.1) is 0 Å². The Labute approximate surface area is 189 Å². The Balaban J connectivity index is 1.80. The average molecular weight is 476 g/mol. The van der Waals surface area contributed by atoms with Crippen LogP contribution in [0.1, 0.15) is 28.5 Å². The van der Waals surface area contributed by atoms with Crippen LogP contribution in [0.5, 0.6) is 5.75 Å². The van der Waals surface area contributed by atoms with E-state index < -0.39 is 5.97 Å². The smallest absolute Gasteiger partial charge is 0.335 e. The number of ether oxygens (including phenoxy) is 1. The number of benzene rings is 3. The van der Waals surface area contributed by atoms with Crippen molar-refractivity contribution in [3.8, 4) is 22.7 Å². The van der Waals surface area contributed by atoms with E-state index in [1.165, 1.54) is 0 Å². The van der Waals surface area contributed by atoms with Crippen LogP contribution in [0.15, 0.2) is 89.4 Å². The van der Waals surface area contributed by atoms with Crippen LogP contribution >= 0.6 is 15.9 Å². The van der Waals surface area contributed by atoms with Crippen molar-refractivity contribution in [1.29, 1.82) is 0 Å². The molecule has 0 aliphatic rings. The quantitative estimate of drug-likeness (QED) is 0.321. The molecule has 0 atom stereocenters. The van der Waals surface area contributed by atoms with Gasteiger partial charge in [0.05, 0.1) is 11.3 Å². The number of aromatic carboxylic acids is 1. The van der Waals surface area contributed by atoms with Crippen molar-refractivity contribution in [2.24, 2.45) is 0 Å². The fourth-order valence-electron chi connectivity index (χ4n) is 3.61. The number of halogens is 1. The second kappa shape index (κ2) is 9.23. The van der Waals surface area contributed by atoms with E-state index in [2.05, 4.69) is 39.6 Å². The summed E-state index contributed by atoms with van der Waals surface area (Å²) in [4.78, 5) is 11.5. The van der Waals surface area contributed by atoms with Gasteiger partial charge in [-0.25, -0.2) is 4.79 Å². The van der Waals surface area contributed by atoms with Crippen molar-refractivity contribution in [3.63, 3.8) is 0 Å². The molecule has 0 bridgehead atoms. The van der Waals surface area contributed by atoms with Crippen molar-refractivity contribution < 1.29 is 14.6 Å². The largest absolute Gasteiger partial charge is 0.488 e. The Hall–Kier alpha value is -3.31. The molecule has 0 saturated heterocycles. The number of rotatable bonds is 7. The van der Waals surface area contributed by atoms with E-state index in [0.717, 1.165) is 44.8 Å². The van der Waals surface area contributed by atoms with E-state index in [1.54, 1.807) is 18.2 Å². The van der Waals surface area contributed by atoms with E-state index in [-0.39, 0.29) is 5.56 Å². The van der Waals surface area contributed by atoms with Crippen LogP contribution in [0.4, 0.5) is 0 Å². The third kappa shape index (κ3) is 4.57. The zero-order valence-electron chi connectivity index (χ0n) is 17.1. The highest BCUT2D eigenvalue weighted by molar-refractivity contribution is 9.10. The Morgan fingerprint density at radius 2 is 1.77 bits per heavy atom. The zero-order valence-corrected chi connectivity index (χ0v) is 18.7. The van der Waals surface area contributed by atoms with E-state index >= 15 is 0 Å². The van der Waals surface area contributed by atoms with Gasteiger partial charge < -0.3 is 14.4 Å². The topological polar surface area (TPSA) is 51.5 Å². The van der Waals surface area contributed by atoms with Crippen LogP contribution in [0.3, 0.4) is 0 Å². The zero-order chi connectivity index (χ0) is 21.8. The molecule has 0 fully saturated rings. The number of aryl methyl sites for hydroxylation is 1. The summed E-state index contributed by atoms with van der Waals surface area (Å²) < 4.78 is 9.24. The SMILES string of the molecule is CCc1ccc(-c2cc(Br)ccc2OCc2ccccc2)n1-c1cccc(C(=O)O)c1. The Kier molecular flexibility index (Phi) is 6.23. The maximum atomic E-state index is 11.5. The Morgan fingerprint density at radius 1 is 0.968 bits per heavy atom. The number of nitrogens with zero attached hydrogens (tertiary/aromatic N) is 1. The van der Waals surface area contributed by atoms with E-state index in [9.17, 15) is 9.90 Å². The summed E-state index contributed by atoms with van der Waals surface area (Å²) in [6.07, 6.45) is 0.811. The Bertz CT molecular complexity index is 1210. The number of hydrogen-bond acceptors (Lipinski definition) is 2. The maximum Gasteiger partial charge on any atom is 0.335 e. The molecular weight excluding hydrogens is 454 g/mol. The van der Waals surface area contributed by atoms with Gasteiger partial charge in [0.15, 0.2) is 0 Å². The molecule has 0 unspecified atom stereocenters. The number of carbonyl (C=O) groups is 1. The monoisotopic (exact) mass is 475 g/mol. The fraction of sp³-hybridized carbons (Fsp3) is 0.115. The number of hydrogen-bond donors (Lipinski definition) is 1. The third-order valence-electron chi connectivity index (χ3n) is 5.13. The molecule has 4 rings (SSSR count). The van der Waals surface area contributed by atoms with Gasteiger partial charge in [-0.3, -0.25) is 0 Å². The number of carboxylic acid groups (broad SMARTS) is 1. The van der Waals surface area contributed by atoms with Gasteiger partial charge in [-0.2, -0.15) is 0 Å². The molecule has 1 heterocycles. The van der Waals surface area contributed by atoms with Gasteiger partial charge in [0.1, 0.15) is 12.4 Å². The molecule has 0 spiro atoms. The average Bonchev–Trinajstić information content (AvgIpc) is 3.23. The number of aromatic nitrogens is 1. The minimum Gasteiger partial charge on any atom is -0.488 e. The van der Waals surface area contributed by atoms with Gasteiger partial charge in [-0.15, -0.1) is 0 Å². The lowest BCUT2D eigenvalue weighted by atomic mass is 10.1. The summed E-state index contributed by atoms with van der Waals surface area (Å²) in [7, 11) is 0. The molecule has 156 valence electrons. The molecule has 4 aromatic rings. The Morgan fingerprint density at radius 3 is 2.52 bits per heavy atom. The van der Waals surface area contributed by atoms with Crippen molar-refractivity contribution in [2.45, 2.75) is 20.0 Å². The maximum absolute atomic E-state index is 11.5. The molecule has 1 N–H and O–H groups in total. The summed E-state index contributed by atoms with van der Waals surface area (Å²) in [6, 6.07) is 27.1. The first-order valence-corrected chi connectivity index (χ1v) is 10.9. The van der Waals surface area contributed by atoms with Gasteiger partial charge in [0, 0.05) is 21.4 Å². The highest BCUT2D eigenvalue weighted by atomic mass is 79.9. The molecular formula is C26H22BrNO3. The molecule has 0 radical (unpaired) electrons. The van der Waals surface area contributed by atoms with Gasteiger partial charge >= 0.3 is 5.97 Å². The van der Waals surface area contributed by atoms with Crippen LogP contribution in [-0.2, 0) is 13.0 Å². The highest BCUT2D eigenvalue weighted by Gasteiger charge is 2.17. The van der Waals surface area contributed by atoms with Crippen molar-refractivity contribution >= 4 is 21.9 Å². The summed E-state index contributed by atoms with van der Waals surface area (Å²) in [5.41, 5.74) is 5.14. The summed E-state index contributed by atoms with van der Waals surface area (Å²) in [5.74, 6) is -0.175. The second-order valence-corrected chi connectivity index (χ2v) is 8.08. The first-order chi connectivity index (χ1) is 15.1. The highest BCUT2D eigenvalue weighted by Crippen LogP contribution is 2.36. The van der Waals surface area contributed by atoms with Crippen LogP contribution in [0.25, 0.3) is 16.9 Å². The molecule has 0 aliphatic carbocycles. The standard InChI is InChI=1S/C26H22BrNO3/c1-2-21-12-13-24(28(21)22-10-6-9-19(15-22)26(29)30)23-16-20(27)11-14-25(23)31-17-18-7-4-3-5-8-18/h3-16H,2,17H2,1H3,(H,29,30). The minimum absolute atomic E-state index is 0.258. The fourth-order valence-corrected chi connectivity index (χ4v) is 3.97. The van der Waals surface area contributed by atoms with Gasteiger partial charge in [0.2, 0.25) is 0 Å². The number of carboxylic acids is 1. The summed E-state index contributed by atoms with van der Waals surface area (Å²) >= 11 is 3.58. The third-order valence-corrected chi connectivity index (χ3v) is 5.62. The van der Waals surface area contributed by atoms with Crippen LogP contribution < -0.4 is 4.74 Å². The first kappa shape index (κ1) is 20.9.